The van der Waals surface area contributed by atoms with Gasteiger partial charge in [-0.1, -0.05) is 15.9 Å². The molecule has 96 valence electrons. The summed E-state index contributed by atoms with van der Waals surface area (Å²) in [6, 6.07) is 17.6. The minimum absolute atomic E-state index is 0.649. The molecule has 0 spiro atoms. The highest BCUT2D eigenvalue weighted by molar-refractivity contribution is 9.10. The molecule has 0 N–H and O–H groups in total. The molecule has 0 fully saturated rings. The van der Waals surface area contributed by atoms with Gasteiger partial charge in [-0.3, -0.25) is 4.57 Å². The van der Waals surface area contributed by atoms with Crippen LogP contribution in [0.5, 0.6) is 0 Å². The van der Waals surface area contributed by atoms with E-state index in [1.54, 1.807) is 18.3 Å². The molecule has 0 bridgehead atoms. The minimum atomic E-state index is 0.649. The summed E-state index contributed by atoms with van der Waals surface area (Å²) >= 11 is 3.43. The lowest BCUT2D eigenvalue weighted by molar-refractivity contribution is 1.07. The van der Waals surface area contributed by atoms with Crippen molar-refractivity contribution < 1.29 is 0 Å². The van der Waals surface area contributed by atoms with Crippen molar-refractivity contribution in [2.24, 2.45) is 0 Å². The van der Waals surface area contributed by atoms with Crippen LogP contribution >= 0.6 is 15.9 Å². The Balaban J connectivity index is 2.05. The van der Waals surface area contributed by atoms with E-state index in [1.165, 1.54) is 0 Å². The molecule has 1 heterocycles. The van der Waals surface area contributed by atoms with E-state index in [0.29, 0.717) is 5.56 Å². The second-order valence-electron chi connectivity index (χ2n) is 4.29. The van der Waals surface area contributed by atoms with E-state index in [-0.39, 0.29) is 0 Å². The van der Waals surface area contributed by atoms with E-state index in [9.17, 15) is 0 Å². The van der Waals surface area contributed by atoms with Gasteiger partial charge in [0.1, 0.15) is 5.82 Å². The Morgan fingerprint density at radius 2 is 1.70 bits per heavy atom. The van der Waals surface area contributed by atoms with Crippen LogP contribution in [0.15, 0.2) is 65.4 Å². The molecule has 1 aromatic heterocycles. The van der Waals surface area contributed by atoms with Crippen molar-refractivity contribution in [3.8, 4) is 23.1 Å². The Labute approximate surface area is 125 Å². The molecule has 0 amide bonds. The van der Waals surface area contributed by atoms with Crippen molar-refractivity contribution in [2.75, 3.05) is 0 Å². The van der Waals surface area contributed by atoms with Gasteiger partial charge >= 0.3 is 0 Å². The van der Waals surface area contributed by atoms with Crippen molar-refractivity contribution in [1.82, 2.24) is 9.55 Å². The van der Waals surface area contributed by atoms with Crippen molar-refractivity contribution in [3.63, 3.8) is 0 Å². The SMILES string of the molecule is N#Cc1ccc(-c2nccn2-c2ccc(Br)cc2)cc1. The van der Waals surface area contributed by atoms with E-state index in [2.05, 4.69) is 27.0 Å². The first kappa shape index (κ1) is 12.6. The minimum Gasteiger partial charge on any atom is -0.300 e. The third-order valence-electron chi connectivity index (χ3n) is 3.02. The van der Waals surface area contributed by atoms with Crippen LogP contribution in [-0.4, -0.2) is 9.55 Å². The first-order chi connectivity index (χ1) is 9.78. The monoisotopic (exact) mass is 323 g/mol. The Morgan fingerprint density at radius 3 is 2.35 bits per heavy atom. The molecule has 2 aromatic carbocycles. The number of halogens is 1. The first-order valence-electron chi connectivity index (χ1n) is 6.08. The third-order valence-corrected chi connectivity index (χ3v) is 3.55. The molecule has 0 unspecified atom stereocenters. The second kappa shape index (κ2) is 5.32. The Morgan fingerprint density at radius 1 is 1.00 bits per heavy atom. The van der Waals surface area contributed by atoms with Crippen LogP contribution in [-0.2, 0) is 0 Å². The number of imidazole rings is 1. The fraction of sp³-hybridized carbons (Fsp3) is 0. The van der Waals surface area contributed by atoms with Gasteiger partial charge in [0, 0.05) is 28.1 Å². The highest BCUT2D eigenvalue weighted by Crippen LogP contribution is 2.22. The number of hydrogen-bond acceptors (Lipinski definition) is 2. The Kier molecular flexibility index (Phi) is 3.36. The molecule has 3 aromatic rings. The fourth-order valence-electron chi connectivity index (χ4n) is 2.02. The number of hydrogen-bond donors (Lipinski definition) is 0. The molecule has 20 heavy (non-hydrogen) atoms. The predicted molar refractivity (Wildman–Crippen MR) is 81.4 cm³/mol. The fourth-order valence-corrected chi connectivity index (χ4v) is 2.29. The van der Waals surface area contributed by atoms with Gasteiger partial charge < -0.3 is 0 Å². The Bertz CT molecular complexity index is 765. The summed E-state index contributed by atoms with van der Waals surface area (Å²) < 4.78 is 3.06. The van der Waals surface area contributed by atoms with Crippen LogP contribution in [0.25, 0.3) is 17.1 Å². The molecule has 3 rings (SSSR count). The van der Waals surface area contributed by atoms with Gasteiger partial charge in [0.2, 0.25) is 0 Å². The predicted octanol–water partition coefficient (Wildman–Crippen LogP) is 4.17. The summed E-state index contributed by atoms with van der Waals surface area (Å²) in [4.78, 5) is 4.41. The maximum atomic E-state index is 8.84. The van der Waals surface area contributed by atoms with Crippen LogP contribution < -0.4 is 0 Å². The quantitative estimate of drug-likeness (QED) is 0.710. The van der Waals surface area contributed by atoms with Crippen LogP contribution in [0, 0.1) is 11.3 Å². The van der Waals surface area contributed by atoms with Crippen molar-refractivity contribution >= 4 is 15.9 Å². The molecule has 0 atom stereocenters. The molecule has 4 heteroatoms. The zero-order valence-electron chi connectivity index (χ0n) is 10.5. The summed E-state index contributed by atoms with van der Waals surface area (Å²) in [5.41, 5.74) is 2.68. The average Bonchev–Trinajstić information content (AvgIpc) is 2.97. The lowest BCUT2D eigenvalue weighted by atomic mass is 10.1. The normalized spacial score (nSPS) is 10.2. The van der Waals surface area contributed by atoms with Crippen LogP contribution in [0.2, 0.25) is 0 Å². The highest BCUT2D eigenvalue weighted by atomic mass is 79.9. The second-order valence-corrected chi connectivity index (χ2v) is 5.20. The summed E-state index contributed by atoms with van der Waals surface area (Å²) in [6.07, 6.45) is 3.70. The summed E-state index contributed by atoms with van der Waals surface area (Å²) in [5.74, 6) is 0.858. The zero-order valence-corrected chi connectivity index (χ0v) is 12.1. The van der Waals surface area contributed by atoms with E-state index < -0.39 is 0 Å². The molecular weight excluding hydrogens is 314 g/mol. The van der Waals surface area contributed by atoms with Crippen LogP contribution in [0.4, 0.5) is 0 Å². The van der Waals surface area contributed by atoms with Crippen molar-refractivity contribution in [3.05, 3.63) is 71.0 Å². The average molecular weight is 324 g/mol. The number of nitriles is 1. The van der Waals surface area contributed by atoms with E-state index in [1.807, 2.05) is 47.2 Å². The lowest BCUT2D eigenvalue weighted by Gasteiger charge is -2.08. The number of benzene rings is 2. The smallest absolute Gasteiger partial charge is 0.144 e. The van der Waals surface area contributed by atoms with E-state index >= 15 is 0 Å². The lowest BCUT2D eigenvalue weighted by Crippen LogP contribution is -1.96. The highest BCUT2D eigenvalue weighted by Gasteiger charge is 2.07. The third kappa shape index (κ3) is 2.36. The maximum Gasteiger partial charge on any atom is 0.144 e. The molecule has 0 radical (unpaired) electrons. The summed E-state index contributed by atoms with van der Waals surface area (Å²) in [7, 11) is 0. The number of rotatable bonds is 2. The largest absolute Gasteiger partial charge is 0.300 e. The van der Waals surface area contributed by atoms with Gasteiger partial charge in [-0.2, -0.15) is 5.26 Å². The van der Waals surface area contributed by atoms with Gasteiger partial charge in [-0.15, -0.1) is 0 Å². The molecule has 3 nitrogen and oxygen atoms in total. The van der Waals surface area contributed by atoms with Gasteiger partial charge in [0.05, 0.1) is 11.6 Å². The van der Waals surface area contributed by atoms with Crippen molar-refractivity contribution in [1.29, 1.82) is 5.26 Å². The molecular formula is C16H10BrN3. The molecule has 0 aliphatic rings. The zero-order chi connectivity index (χ0) is 13.9. The van der Waals surface area contributed by atoms with Gasteiger partial charge in [0.25, 0.3) is 0 Å². The van der Waals surface area contributed by atoms with E-state index in [0.717, 1.165) is 21.5 Å². The first-order valence-corrected chi connectivity index (χ1v) is 6.87. The van der Waals surface area contributed by atoms with Gasteiger partial charge in [-0.25, -0.2) is 4.98 Å². The molecule has 0 aliphatic heterocycles. The van der Waals surface area contributed by atoms with Gasteiger partial charge in [0.15, 0.2) is 0 Å². The van der Waals surface area contributed by atoms with Crippen LogP contribution in [0.1, 0.15) is 5.56 Å². The number of nitrogens with zero attached hydrogens (tertiary/aromatic N) is 3. The van der Waals surface area contributed by atoms with E-state index in [4.69, 9.17) is 5.26 Å². The van der Waals surface area contributed by atoms with Gasteiger partial charge in [-0.05, 0) is 48.5 Å². The van der Waals surface area contributed by atoms with Crippen LogP contribution in [0.3, 0.4) is 0 Å². The summed E-state index contributed by atoms with van der Waals surface area (Å²) in [5, 5.41) is 8.84. The topological polar surface area (TPSA) is 41.6 Å². The summed E-state index contributed by atoms with van der Waals surface area (Å²) in [6.45, 7) is 0. The maximum absolute atomic E-state index is 8.84. The van der Waals surface area contributed by atoms with Crippen molar-refractivity contribution in [2.45, 2.75) is 0 Å². The molecule has 0 saturated carbocycles. The standard InChI is InChI=1S/C16H10BrN3/c17-14-5-7-15(8-6-14)20-10-9-19-16(20)13-3-1-12(11-18)2-4-13/h1-10H. The molecule has 0 aliphatic carbocycles. The molecule has 0 saturated heterocycles. The Hall–Kier alpha value is -2.38. The number of aromatic nitrogens is 2.